The number of benzene rings is 2. The Morgan fingerprint density at radius 1 is 1.00 bits per heavy atom. The summed E-state index contributed by atoms with van der Waals surface area (Å²) in [5.41, 5.74) is 0.952. The molecule has 8 heteroatoms. The molecule has 2 aromatic carbocycles. The Kier molecular flexibility index (Phi) is 7.37. The van der Waals surface area contributed by atoms with E-state index < -0.39 is 18.6 Å². The third-order valence-corrected chi connectivity index (χ3v) is 6.29. The number of hydrogen-bond donors (Lipinski definition) is 1. The Bertz CT molecular complexity index is 1070. The Labute approximate surface area is 198 Å². The molecule has 0 spiro atoms. The fourth-order valence-electron chi connectivity index (χ4n) is 4.50. The summed E-state index contributed by atoms with van der Waals surface area (Å²) in [4.78, 5) is 51.4. The van der Waals surface area contributed by atoms with Crippen LogP contribution >= 0.6 is 0 Å². The van der Waals surface area contributed by atoms with Crippen LogP contribution < -0.4 is 15.0 Å². The molecule has 1 saturated heterocycles. The number of imide groups is 1. The first-order valence-corrected chi connectivity index (χ1v) is 11.5. The van der Waals surface area contributed by atoms with Crippen LogP contribution in [0.4, 0.5) is 5.69 Å². The summed E-state index contributed by atoms with van der Waals surface area (Å²) in [6.45, 7) is -0.432. The summed E-state index contributed by atoms with van der Waals surface area (Å²) in [5.74, 6) is -1.19. The first-order chi connectivity index (χ1) is 16.5. The Morgan fingerprint density at radius 2 is 1.71 bits per heavy atom. The number of hydrogen-bond acceptors (Lipinski definition) is 7. The van der Waals surface area contributed by atoms with Gasteiger partial charge in [-0.3, -0.25) is 14.4 Å². The molecule has 1 heterocycles. The zero-order valence-electron chi connectivity index (χ0n) is 19.1. The van der Waals surface area contributed by atoms with Gasteiger partial charge in [-0.1, -0.05) is 31.4 Å². The molecule has 34 heavy (non-hydrogen) atoms. The first-order valence-electron chi connectivity index (χ1n) is 11.5. The fourth-order valence-corrected chi connectivity index (χ4v) is 4.50. The van der Waals surface area contributed by atoms with E-state index in [4.69, 9.17) is 9.47 Å². The minimum Gasteiger partial charge on any atom is -0.496 e. The highest BCUT2D eigenvalue weighted by atomic mass is 16.5. The van der Waals surface area contributed by atoms with Crippen molar-refractivity contribution in [3.05, 3.63) is 59.7 Å². The minimum absolute atomic E-state index is 0.129. The topological polar surface area (TPSA) is 102 Å². The third kappa shape index (κ3) is 5.17. The largest absolute Gasteiger partial charge is 0.496 e. The van der Waals surface area contributed by atoms with E-state index in [1.165, 1.54) is 42.7 Å². The quantitative estimate of drug-likeness (QED) is 0.363. The van der Waals surface area contributed by atoms with Gasteiger partial charge in [-0.15, -0.1) is 0 Å². The van der Waals surface area contributed by atoms with Gasteiger partial charge in [0, 0.05) is 6.04 Å². The lowest BCUT2D eigenvalue weighted by atomic mass is 9.95. The van der Waals surface area contributed by atoms with Gasteiger partial charge in [-0.2, -0.15) is 0 Å². The molecule has 1 unspecified atom stereocenters. The molecule has 178 valence electrons. The molecule has 2 aromatic rings. The standard InChI is InChI=1S/C26H28N2O6/c1-33-23-10-6-5-9-20(23)22(29)16-34-26(32)17-11-13-19(14-12-17)28-24(30)15-21(25(28)31)27-18-7-3-2-4-8-18/h5-6,9-14,18,21,27H,2-4,7-8,15-16H2,1H3. The van der Waals surface area contributed by atoms with E-state index in [0.29, 0.717) is 17.0 Å². The molecule has 2 amide bonds. The molecule has 1 saturated carbocycles. The Balaban J connectivity index is 1.35. The number of nitrogens with zero attached hydrogens (tertiary/aromatic N) is 1. The number of carbonyl (C=O) groups excluding carboxylic acids is 4. The lowest BCUT2D eigenvalue weighted by Gasteiger charge is -2.25. The number of methoxy groups -OCH3 is 1. The number of nitrogens with one attached hydrogen (secondary N) is 1. The van der Waals surface area contributed by atoms with Crippen LogP contribution in [0, 0.1) is 0 Å². The van der Waals surface area contributed by atoms with Gasteiger partial charge < -0.3 is 14.8 Å². The van der Waals surface area contributed by atoms with Crippen LogP contribution in [-0.2, 0) is 14.3 Å². The van der Waals surface area contributed by atoms with Gasteiger partial charge in [0.2, 0.25) is 11.7 Å². The van der Waals surface area contributed by atoms with E-state index in [2.05, 4.69) is 5.32 Å². The summed E-state index contributed by atoms with van der Waals surface area (Å²) in [6, 6.07) is 12.5. The molecule has 0 aromatic heterocycles. The van der Waals surface area contributed by atoms with Gasteiger partial charge in [0.25, 0.3) is 5.91 Å². The lowest BCUT2D eigenvalue weighted by molar-refractivity contribution is -0.121. The number of carbonyl (C=O) groups is 4. The number of esters is 1. The first kappa shape index (κ1) is 23.6. The van der Waals surface area contributed by atoms with Gasteiger partial charge in [0.1, 0.15) is 5.75 Å². The predicted octanol–water partition coefficient (Wildman–Crippen LogP) is 3.29. The number of amides is 2. The van der Waals surface area contributed by atoms with Crippen molar-refractivity contribution in [2.45, 2.75) is 50.6 Å². The maximum atomic E-state index is 12.9. The summed E-state index contributed by atoms with van der Waals surface area (Å²) in [6.07, 6.45) is 5.66. The average molecular weight is 465 g/mol. The highest BCUT2D eigenvalue weighted by molar-refractivity contribution is 6.22. The number of ketones is 1. The molecule has 0 radical (unpaired) electrons. The molecular formula is C26H28N2O6. The van der Waals surface area contributed by atoms with Gasteiger partial charge >= 0.3 is 5.97 Å². The van der Waals surface area contributed by atoms with Crippen LogP contribution in [0.1, 0.15) is 59.2 Å². The molecule has 2 aliphatic rings. The van der Waals surface area contributed by atoms with Crippen LogP contribution in [0.15, 0.2) is 48.5 Å². The van der Waals surface area contributed by atoms with Crippen molar-refractivity contribution in [2.24, 2.45) is 0 Å². The summed E-state index contributed by atoms with van der Waals surface area (Å²) >= 11 is 0. The number of anilines is 1. The Morgan fingerprint density at radius 3 is 2.41 bits per heavy atom. The molecule has 1 aliphatic carbocycles. The number of ether oxygens (including phenoxy) is 2. The lowest BCUT2D eigenvalue weighted by Crippen LogP contribution is -2.44. The van der Waals surface area contributed by atoms with Crippen LogP contribution in [-0.4, -0.2) is 49.4 Å². The van der Waals surface area contributed by atoms with E-state index in [9.17, 15) is 19.2 Å². The minimum atomic E-state index is -0.675. The smallest absolute Gasteiger partial charge is 0.338 e. The molecule has 0 bridgehead atoms. The van der Waals surface area contributed by atoms with Crippen molar-refractivity contribution in [2.75, 3.05) is 18.6 Å². The van der Waals surface area contributed by atoms with Crippen molar-refractivity contribution in [1.82, 2.24) is 5.32 Å². The van der Waals surface area contributed by atoms with Crippen molar-refractivity contribution in [3.63, 3.8) is 0 Å². The molecule has 2 fully saturated rings. The molecule has 8 nitrogen and oxygen atoms in total. The van der Waals surface area contributed by atoms with Crippen LogP contribution in [0.25, 0.3) is 0 Å². The number of rotatable bonds is 8. The molecule has 1 N–H and O–H groups in total. The van der Waals surface area contributed by atoms with Crippen molar-refractivity contribution in [1.29, 1.82) is 0 Å². The van der Waals surface area contributed by atoms with Crippen molar-refractivity contribution in [3.8, 4) is 5.75 Å². The van der Waals surface area contributed by atoms with Crippen molar-refractivity contribution >= 4 is 29.3 Å². The van der Waals surface area contributed by atoms with Gasteiger partial charge in [0.05, 0.1) is 36.4 Å². The molecular weight excluding hydrogens is 436 g/mol. The fraction of sp³-hybridized carbons (Fsp3) is 0.385. The molecule has 4 rings (SSSR count). The van der Waals surface area contributed by atoms with E-state index in [1.807, 2.05) is 0 Å². The average Bonchev–Trinajstić information content (AvgIpc) is 3.15. The van der Waals surface area contributed by atoms with Gasteiger partial charge in [0.15, 0.2) is 6.61 Å². The van der Waals surface area contributed by atoms with Crippen LogP contribution in [0.3, 0.4) is 0 Å². The second-order valence-electron chi connectivity index (χ2n) is 8.57. The number of Topliss-reactive ketones (excluding diaryl/α,β-unsaturated/α-hetero) is 1. The van der Waals surface area contributed by atoms with Crippen LogP contribution in [0.2, 0.25) is 0 Å². The maximum Gasteiger partial charge on any atom is 0.338 e. The zero-order chi connectivity index (χ0) is 24.1. The monoisotopic (exact) mass is 464 g/mol. The van der Waals surface area contributed by atoms with Gasteiger partial charge in [-0.25, -0.2) is 9.69 Å². The van der Waals surface area contributed by atoms with Gasteiger partial charge in [-0.05, 0) is 49.2 Å². The normalized spacial score (nSPS) is 18.7. The van der Waals surface area contributed by atoms with E-state index in [0.717, 1.165) is 25.7 Å². The summed E-state index contributed by atoms with van der Waals surface area (Å²) in [7, 11) is 1.46. The summed E-state index contributed by atoms with van der Waals surface area (Å²) in [5, 5.41) is 3.35. The van der Waals surface area contributed by atoms with E-state index in [-0.39, 0.29) is 35.6 Å². The maximum absolute atomic E-state index is 12.9. The van der Waals surface area contributed by atoms with E-state index >= 15 is 0 Å². The predicted molar refractivity (Wildman–Crippen MR) is 125 cm³/mol. The van der Waals surface area contributed by atoms with E-state index in [1.54, 1.807) is 24.3 Å². The SMILES string of the molecule is COc1ccccc1C(=O)COC(=O)c1ccc(N2C(=O)CC(NC3CCCCC3)C2=O)cc1. The second-order valence-corrected chi connectivity index (χ2v) is 8.57. The Hall–Kier alpha value is -3.52. The zero-order valence-corrected chi connectivity index (χ0v) is 19.1. The highest BCUT2D eigenvalue weighted by Gasteiger charge is 2.40. The molecule has 1 atom stereocenters. The second kappa shape index (κ2) is 10.6. The third-order valence-electron chi connectivity index (χ3n) is 6.29. The number of para-hydroxylation sites is 1. The molecule has 1 aliphatic heterocycles. The highest BCUT2D eigenvalue weighted by Crippen LogP contribution is 2.26. The van der Waals surface area contributed by atoms with Crippen LogP contribution in [0.5, 0.6) is 5.75 Å². The van der Waals surface area contributed by atoms with Crippen molar-refractivity contribution < 1.29 is 28.7 Å². The summed E-state index contributed by atoms with van der Waals surface area (Å²) < 4.78 is 10.3.